The highest BCUT2D eigenvalue weighted by molar-refractivity contribution is 6.04. The zero-order valence-corrected chi connectivity index (χ0v) is 22.2. The summed E-state index contributed by atoms with van der Waals surface area (Å²) >= 11 is 0. The van der Waals surface area contributed by atoms with Gasteiger partial charge in [-0.15, -0.1) is 0 Å². The maximum Gasteiger partial charge on any atom is 0.403 e. The molecular formula is C27H37F6N2O4+. The largest absolute Gasteiger partial charge is 0.403 e. The molecule has 0 aromatic heterocycles. The molecule has 220 valence electrons. The second-order valence-corrected chi connectivity index (χ2v) is 12.8. The molecule has 5 aliphatic rings. The van der Waals surface area contributed by atoms with E-state index in [1.807, 2.05) is 6.92 Å². The lowest BCUT2D eigenvalue weighted by molar-refractivity contribution is -0.894. The van der Waals surface area contributed by atoms with Crippen molar-refractivity contribution in [2.45, 2.75) is 95.8 Å². The molecule has 2 N–H and O–H groups in total. The monoisotopic (exact) mass is 567 g/mol. The van der Waals surface area contributed by atoms with E-state index in [4.69, 9.17) is 0 Å². The molecule has 0 aromatic carbocycles. The third-order valence-electron chi connectivity index (χ3n) is 11.0. The van der Waals surface area contributed by atoms with E-state index in [-0.39, 0.29) is 24.8 Å². The summed E-state index contributed by atoms with van der Waals surface area (Å²) in [5.74, 6) is -8.90. The van der Waals surface area contributed by atoms with E-state index in [2.05, 4.69) is 0 Å². The smallest absolute Gasteiger partial charge is 0.344 e. The van der Waals surface area contributed by atoms with Crippen LogP contribution in [0.5, 0.6) is 0 Å². The Kier molecular flexibility index (Phi) is 7.17. The van der Waals surface area contributed by atoms with Gasteiger partial charge in [-0.2, -0.15) is 26.3 Å². The minimum Gasteiger partial charge on any atom is -0.344 e. The Labute approximate surface area is 223 Å². The molecule has 0 bridgehead atoms. The third kappa shape index (κ3) is 4.25. The number of aliphatic hydroxyl groups is 1. The van der Waals surface area contributed by atoms with Crippen LogP contribution in [-0.2, 0) is 14.4 Å². The molecule has 5 fully saturated rings. The van der Waals surface area contributed by atoms with E-state index in [1.54, 1.807) is 0 Å². The highest BCUT2D eigenvalue weighted by Crippen LogP contribution is 2.66. The summed E-state index contributed by atoms with van der Waals surface area (Å²) in [5, 5.41) is 11.2. The summed E-state index contributed by atoms with van der Waals surface area (Å²) in [7, 11) is 1.21. The van der Waals surface area contributed by atoms with Gasteiger partial charge in [0.2, 0.25) is 11.8 Å². The molecule has 3 saturated carbocycles. The van der Waals surface area contributed by atoms with E-state index in [0.717, 1.165) is 17.7 Å². The van der Waals surface area contributed by atoms with Gasteiger partial charge < -0.3 is 5.11 Å². The normalized spacial score (nSPS) is 42.1. The Balaban J connectivity index is 1.47. The fraction of sp³-hybridized carbons (Fsp3) is 0.889. The number of alkyl halides is 6. The molecule has 6 nitrogen and oxygen atoms in total. The van der Waals surface area contributed by atoms with Gasteiger partial charge in [0.15, 0.2) is 11.6 Å². The molecule has 2 aliphatic heterocycles. The molecule has 2 heterocycles. The molecule has 5 rings (SSSR count). The van der Waals surface area contributed by atoms with Crippen molar-refractivity contribution in [1.29, 1.82) is 0 Å². The van der Waals surface area contributed by atoms with E-state index in [9.17, 15) is 45.8 Å². The van der Waals surface area contributed by atoms with Crippen LogP contribution in [0.2, 0.25) is 0 Å². The number of amides is 3. The van der Waals surface area contributed by atoms with Gasteiger partial charge in [-0.3, -0.25) is 14.5 Å². The highest BCUT2D eigenvalue weighted by atomic mass is 19.4. The number of carbonyl (C=O) groups is 3. The molecule has 39 heavy (non-hydrogen) atoms. The molecule has 0 spiro atoms. The fourth-order valence-electron chi connectivity index (χ4n) is 9.22. The summed E-state index contributed by atoms with van der Waals surface area (Å²) < 4.78 is 89.7. The van der Waals surface area contributed by atoms with Crippen molar-refractivity contribution in [3.05, 3.63) is 0 Å². The average molecular weight is 568 g/mol. The second kappa shape index (κ2) is 9.70. The summed E-state index contributed by atoms with van der Waals surface area (Å²) in [6.45, 7) is 2.04. The number of fused-ring (bicyclic) bond motifs is 2. The van der Waals surface area contributed by atoms with Crippen molar-refractivity contribution in [1.82, 2.24) is 4.90 Å². The number of quaternary nitrogens is 1. The Morgan fingerprint density at radius 3 is 1.92 bits per heavy atom. The molecule has 0 aromatic rings. The molecule has 0 radical (unpaired) electrons. The molecular weight excluding hydrogens is 530 g/mol. The lowest BCUT2D eigenvalue weighted by Crippen LogP contribution is -3.20. The number of halogens is 6. The SMILES string of the molecule is CC1CCCC([NH+]2C(=O)C3CCC(C(C4CCC5C(=O)N(C)C(=O)C5C4)(C(F)(F)F)C(F)(F)F)CC3C2O)C1. The number of aliphatic hydroxyl groups excluding tert-OH is 1. The zero-order chi connectivity index (χ0) is 28.7. The van der Waals surface area contributed by atoms with Crippen molar-refractivity contribution in [3.8, 4) is 0 Å². The molecule has 10 atom stereocenters. The number of carbonyl (C=O) groups excluding carboxylic acids is 3. The molecule has 12 heteroatoms. The van der Waals surface area contributed by atoms with Crippen molar-refractivity contribution in [3.63, 3.8) is 0 Å². The van der Waals surface area contributed by atoms with Crippen LogP contribution in [0.4, 0.5) is 26.3 Å². The maximum atomic E-state index is 14.9. The average Bonchev–Trinajstić information content (AvgIpc) is 3.22. The van der Waals surface area contributed by atoms with Crippen LogP contribution in [0, 0.1) is 46.8 Å². The highest BCUT2D eigenvalue weighted by Gasteiger charge is 2.78. The van der Waals surface area contributed by atoms with Gasteiger partial charge in [0, 0.05) is 13.5 Å². The topological polar surface area (TPSA) is 79.1 Å². The number of rotatable bonds is 3. The van der Waals surface area contributed by atoms with Crippen LogP contribution in [0.1, 0.15) is 71.1 Å². The lowest BCUT2D eigenvalue weighted by Gasteiger charge is -2.52. The van der Waals surface area contributed by atoms with Crippen molar-refractivity contribution in [2.24, 2.45) is 46.8 Å². The van der Waals surface area contributed by atoms with Crippen LogP contribution in [0.15, 0.2) is 0 Å². The molecule has 10 unspecified atom stereocenters. The van der Waals surface area contributed by atoms with E-state index < -0.39 is 97.0 Å². The van der Waals surface area contributed by atoms with E-state index >= 15 is 0 Å². The van der Waals surface area contributed by atoms with Crippen molar-refractivity contribution >= 4 is 17.7 Å². The van der Waals surface area contributed by atoms with Crippen LogP contribution in [0.25, 0.3) is 0 Å². The number of hydrogen-bond donors (Lipinski definition) is 2. The van der Waals surface area contributed by atoms with Crippen molar-refractivity contribution < 1.29 is 50.7 Å². The van der Waals surface area contributed by atoms with Gasteiger partial charge in [-0.05, 0) is 69.1 Å². The predicted molar refractivity (Wildman–Crippen MR) is 124 cm³/mol. The van der Waals surface area contributed by atoms with Gasteiger partial charge in [-0.1, -0.05) is 13.3 Å². The molecule has 2 saturated heterocycles. The quantitative estimate of drug-likeness (QED) is 0.405. The summed E-state index contributed by atoms with van der Waals surface area (Å²) in [4.78, 5) is 39.4. The Bertz CT molecular complexity index is 1000. The minimum atomic E-state index is -5.67. The van der Waals surface area contributed by atoms with Crippen molar-refractivity contribution in [2.75, 3.05) is 7.05 Å². The van der Waals surface area contributed by atoms with Gasteiger partial charge in [0.05, 0.1) is 29.7 Å². The Hall–Kier alpha value is -1.69. The first-order valence-electron chi connectivity index (χ1n) is 14.1. The number of nitrogens with one attached hydrogen (secondary N) is 1. The van der Waals surface area contributed by atoms with Crippen LogP contribution in [0.3, 0.4) is 0 Å². The number of imide groups is 1. The minimum absolute atomic E-state index is 0.135. The Morgan fingerprint density at radius 2 is 1.33 bits per heavy atom. The number of hydrogen-bond acceptors (Lipinski definition) is 4. The fourth-order valence-corrected chi connectivity index (χ4v) is 9.22. The van der Waals surface area contributed by atoms with Gasteiger partial charge in [-0.25, -0.2) is 9.69 Å². The first-order valence-corrected chi connectivity index (χ1v) is 14.1. The molecule has 3 amide bonds. The first-order chi connectivity index (χ1) is 18.1. The predicted octanol–water partition coefficient (Wildman–Crippen LogP) is 3.48. The molecule has 3 aliphatic carbocycles. The summed E-state index contributed by atoms with van der Waals surface area (Å²) in [6, 6.07) is -0.187. The number of nitrogens with zero attached hydrogens (tertiary/aromatic N) is 1. The maximum absolute atomic E-state index is 14.9. The van der Waals surface area contributed by atoms with Crippen LogP contribution < -0.4 is 4.90 Å². The van der Waals surface area contributed by atoms with Gasteiger partial charge in [0.1, 0.15) is 0 Å². The number of likely N-dealkylation sites (tertiary alicyclic amines) is 2. The van der Waals surface area contributed by atoms with Gasteiger partial charge >= 0.3 is 18.3 Å². The third-order valence-corrected chi connectivity index (χ3v) is 11.0. The summed E-state index contributed by atoms with van der Waals surface area (Å²) in [5.41, 5.74) is -4.09. The van der Waals surface area contributed by atoms with Gasteiger partial charge in [0.25, 0.3) is 0 Å². The lowest BCUT2D eigenvalue weighted by atomic mass is 9.54. The first kappa shape index (κ1) is 28.8. The Morgan fingerprint density at radius 1 is 0.769 bits per heavy atom. The van der Waals surface area contributed by atoms with E-state index in [1.165, 1.54) is 7.05 Å². The standard InChI is InChI=1S/C27H36F6N2O4/c1-13-4-3-5-16(10-13)35-23(38)18-9-7-15(12-20(18)24(35)39)25(26(28,29)30,27(31,32)33)14-6-8-17-19(11-14)22(37)34(2)21(17)36/h13-20,24,39H,3-12H2,1-2H3/p+1. The summed E-state index contributed by atoms with van der Waals surface area (Å²) in [6.07, 6.45) is -11.9. The van der Waals surface area contributed by atoms with E-state index in [0.29, 0.717) is 23.7 Å². The van der Waals surface area contributed by atoms with Crippen LogP contribution in [-0.4, -0.2) is 59.4 Å². The zero-order valence-electron chi connectivity index (χ0n) is 22.2. The second-order valence-electron chi connectivity index (χ2n) is 12.8. The van der Waals surface area contributed by atoms with Crippen LogP contribution >= 0.6 is 0 Å².